The molecule has 2 aromatic rings. The van der Waals surface area contributed by atoms with E-state index in [2.05, 4.69) is 18.5 Å². The van der Waals surface area contributed by atoms with Crippen molar-refractivity contribution in [3.8, 4) is 0 Å². The van der Waals surface area contributed by atoms with Crippen LogP contribution in [0.1, 0.15) is 57.6 Å². The number of esters is 1. The number of nitrogens with zero attached hydrogens (tertiary/aromatic N) is 2. The Balaban J connectivity index is 1.51. The summed E-state index contributed by atoms with van der Waals surface area (Å²) in [7, 11) is 0. The molecule has 0 aromatic heterocycles. The van der Waals surface area contributed by atoms with Gasteiger partial charge >= 0.3 is 5.97 Å². The number of hydrogen-bond donors (Lipinski definition) is 2. The van der Waals surface area contributed by atoms with Gasteiger partial charge in [0.25, 0.3) is 5.91 Å². The van der Waals surface area contributed by atoms with Gasteiger partial charge in [0, 0.05) is 13.0 Å². The lowest BCUT2D eigenvalue weighted by molar-refractivity contribution is -0.161. The number of ether oxygens (including phenoxy) is 2. The Labute approximate surface area is 293 Å². The van der Waals surface area contributed by atoms with Crippen LogP contribution >= 0.6 is 11.6 Å². The molecule has 3 aliphatic heterocycles. The fourth-order valence-corrected chi connectivity index (χ4v) is 7.99. The Morgan fingerprint density at radius 3 is 2.51 bits per heavy atom. The minimum atomic E-state index is -1.32. The predicted molar refractivity (Wildman–Crippen MR) is 186 cm³/mol. The SMILES string of the molecule is C=CCCC(=O)NC[C@@H](OC(=O)[C@@H]1[C@H]2C(=O)N([C@@H](CO)CC(C)C)[C@H](C(=O)N(CC=C)c3ccccc3Cl)[C@]23CC[C@H]1O3)c1ccccc1. The first kappa shape index (κ1) is 36.3. The van der Waals surface area contributed by atoms with Gasteiger partial charge in [-0.3, -0.25) is 19.2 Å². The number of aliphatic hydroxyl groups excluding tert-OH is 1. The second-order valence-electron chi connectivity index (χ2n) is 13.4. The molecule has 3 amide bonds. The molecule has 0 aliphatic carbocycles. The van der Waals surface area contributed by atoms with Crippen molar-refractivity contribution in [3.05, 3.63) is 90.5 Å². The van der Waals surface area contributed by atoms with Crippen LogP contribution in [-0.4, -0.2) is 77.2 Å². The lowest BCUT2D eigenvalue weighted by Crippen LogP contribution is -2.59. The largest absolute Gasteiger partial charge is 0.455 e. The molecule has 11 heteroatoms. The lowest BCUT2D eigenvalue weighted by Gasteiger charge is -2.39. The molecular formula is C38H46ClN3O7. The number of anilines is 1. The molecule has 2 aromatic carbocycles. The number of hydrogen-bond acceptors (Lipinski definition) is 7. The summed E-state index contributed by atoms with van der Waals surface area (Å²) in [6.07, 6.45) is 3.78. The molecule has 262 valence electrons. The average molecular weight is 692 g/mol. The summed E-state index contributed by atoms with van der Waals surface area (Å²) in [5.41, 5.74) is -0.187. The number of para-hydroxylation sites is 1. The molecule has 3 fully saturated rings. The minimum absolute atomic E-state index is 0.0380. The van der Waals surface area contributed by atoms with Gasteiger partial charge in [-0.15, -0.1) is 13.2 Å². The van der Waals surface area contributed by atoms with Crippen molar-refractivity contribution in [1.82, 2.24) is 10.2 Å². The van der Waals surface area contributed by atoms with E-state index in [1.807, 2.05) is 44.2 Å². The van der Waals surface area contributed by atoms with Crippen LogP contribution in [0.3, 0.4) is 0 Å². The van der Waals surface area contributed by atoms with Crippen LogP contribution in [0, 0.1) is 17.8 Å². The first-order valence-corrected chi connectivity index (χ1v) is 17.4. The quantitative estimate of drug-likeness (QED) is 0.187. The molecule has 2 N–H and O–H groups in total. The Hall–Kier alpha value is -3.99. The number of likely N-dealkylation sites (tertiary alicyclic amines) is 1. The number of carbonyl (C=O) groups excluding carboxylic acids is 4. The van der Waals surface area contributed by atoms with Gasteiger partial charge < -0.3 is 29.7 Å². The Morgan fingerprint density at radius 1 is 1.14 bits per heavy atom. The summed E-state index contributed by atoms with van der Waals surface area (Å²) in [4.78, 5) is 59.2. The van der Waals surface area contributed by atoms with Gasteiger partial charge in [0.15, 0.2) is 0 Å². The van der Waals surface area contributed by atoms with Crippen molar-refractivity contribution in [1.29, 1.82) is 0 Å². The molecule has 3 saturated heterocycles. The van der Waals surface area contributed by atoms with Crippen molar-refractivity contribution in [2.45, 2.75) is 75.8 Å². The van der Waals surface area contributed by atoms with Crippen LogP contribution in [0.5, 0.6) is 0 Å². The zero-order valence-corrected chi connectivity index (χ0v) is 28.9. The smallest absolute Gasteiger partial charge is 0.313 e. The first-order valence-electron chi connectivity index (χ1n) is 17.0. The minimum Gasteiger partial charge on any atom is -0.455 e. The van der Waals surface area contributed by atoms with Crippen LogP contribution in [-0.2, 0) is 28.7 Å². The van der Waals surface area contributed by atoms with Crippen molar-refractivity contribution in [2.24, 2.45) is 17.8 Å². The standard InChI is InChI=1S/C38H46ClN3O7/c1-5-7-17-31(44)40-22-30(25-13-9-8-10-14-25)48-37(47)32-29-18-19-38(49-29)33(32)35(45)42(26(23-43)21-24(3)4)34(38)36(46)41(20-6-2)28-16-12-11-15-27(28)39/h5-6,8-16,24,26,29-30,32-34,43H,1-2,7,17-23H2,3-4H3,(H,40,44)/t26-,29-,30-,32+,33+,34-,38+/m1/s1. The van der Waals surface area contributed by atoms with Gasteiger partial charge in [-0.05, 0) is 49.3 Å². The molecule has 2 bridgehead atoms. The summed E-state index contributed by atoms with van der Waals surface area (Å²) in [6.45, 7) is 11.3. The number of allylic oxidation sites excluding steroid dienone is 1. The lowest BCUT2D eigenvalue weighted by atomic mass is 9.70. The fourth-order valence-electron chi connectivity index (χ4n) is 7.75. The van der Waals surface area contributed by atoms with E-state index in [1.54, 1.807) is 36.4 Å². The zero-order valence-electron chi connectivity index (χ0n) is 28.1. The molecule has 0 saturated carbocycles. The van der Waals surface area contributed by atoms with Crippen molar-refractivity contribution in [2.75, 3.05) is 24.6 Å². The van der Waals surface area contributed by atoms with E-state index in [9.17, 15) is 24.3 Å². The number of aliphatic hydroxyl groups is 1. The highest BCUT2D eigenvalue weighted by Gasteiger charge is 2.75. The molecule has 5 rings (SSSR count). The summed E-state index contributed by atoms with van der Waals surface area (Å²) in [5.74, 6) is -3.59. The van der Waals surface area contributed by atoms with E-state index in [-0.39, 0.29) is 37.9 Å². The van der Waals surface area contributed by atoms with Crippen LogP contribution in [0.2, 0.25) is 5.02 Å². The summed E-state index contributed by atoms with van der Waals surface area (Å²) in [5, 5.41) is 13.8. The number of fused-ring (bicyclic) bond motifs is 1. The van der Waals surface area contributed by atoms with E-state index in [0.29, 0.717) is 42.0 Å². The van der Waals surface area contributed by atoms with E-state index in [4.69, 9.17) is 21.1 Å². The molecule has 49 heavy (non-hydrogen) atoms. The van der Waals surface area contributed by atoms with Gasteiger partial charge in [0.2, 0.25) is 11.8 Å². The summed E-state index contributed by atoms with van der Waals surface area (Å²) < 4.78 is 12.8. The van der Waals surface area contributed by atoms with Gasteiger partial charge in [-0.1, -0.05) is 80.1 Å². The predicted octanol–water partition coefficient (Wildman–Crippen LogP) is 5.01. The van der Waals surface area contributed by atoms with Crippen LogP contribution < -0.4 is 10.2 Å². The number of rotatable bonds is 16. The van der Waals surface area contributed by atoms with Crippen molar-refractivity contribution >= 4 is 41.0 Å². The maximum absolute atomic E-state index is 14.8. The third-order valence-corrected chi connectivity index (χ3v) is 10.1. The zero-order chi connectivity index (χ0) is 35.3. The Bertz CT molecular complexity index is 1550. The van der Waals surface area contributed by atoms with Gasteiger partial charge in [0.05, 0.1) is 47.8 Å². The van der Waals surface area contributed by atoms with Gasteiger partial charge in [-0.25, -0.2) is 0 Å². The van der Waals surface area contributed by atoms with E-state index < -0.39 is 59.5 Å². The number of halogens is 1. The Kier molecular flexibility index (Phi) is 11.6. The van der Waals surface area contributed by atoms with E-state index in [0.717, 1.165) is 0 Å². The number of nitrogens with one attached hydrogen (secondary N) is 1. The second kappa shape index (κ2) is 15.7. The molecular weight excluding hydrogens is 646 g/mol. The van der Waals surface area contributed by atoms with E-state index in [1.165, 1.54) is 9.80 Å². The summed E-state index contributed by atoms with van der Waals surface area (Å²) in [6, 6.07) is 14.2. The third-order valence-electron chi connectivity index (χ3n) is 9.80. The van der Waals surface area contributed by atoms with Gasteiger partial charge in [0.1, 0.15) is 17.7 Å². The number of carbonyl (C=O) groups is 4. The van der Waals surface area contributed by atoms with Crippen LogP contribution in [0.4, 0.5) is 5.69 Å². The average Bonchev–Trinajstić information content (AvgIpc) is 3.74. The molecule has 7 atom stereocenters. The molecule has 0 unspecified atom stereocenters. The maximum atomic E-state index is 14.8. The van der Waals surface area contributed by atoms with Crippen LogP contribution in [0.25, 0.3) is 0 Å². The number of amides is 3. The highest BCUT2D eigenvalue weighted by molar-refractivity contribution is 6.34. The third kappa shape index (κ3) is 7.18. The highest BCUT2D eigenvalue weighted by Crippen LogP contribution is 2.59. The first-order chi connectivity index (χ1) is 23.6. The Morgan fingerprint density at radius 2 is 1.86 bits per heavy atom. The van der Waals surface area contributed by atoms with Gasteiger partial charge in [-0.2, -0.15) is 0 Å². The maximum Gasteiger partial charge on any atom is 0.313 e. The molecule has 0 radical (unpaired) electrons. The van der Waals surface area contributed by atoms with E-state index >= 15 is 0 Å². The molecule has 1 spiro atoms. The second-order valence-corrected chi connectivity index (χ2v) is 13.8. The molecule has 10 nitrogen and oxygen atoms in total. The number of benzene rings is 2. The molecule has 3 heterocycles. The van der Waals surface area contributed by atoms with Crippen LogP contribution in [0.15, 0.2) is 79.9 Å². The molecule has 3 aliphatic rings. The highest BCUT2D eigenvalue weighted by atomic mass is 35.5. The van der Waals surface area contributed by atoms with Crippen molar-refractivity contribution < 1.29 is 33.8 Å². The monoisotopic (exact) mass is 691 g/mol. The van der Waals surface area contributed by atoms with Crippen molar-refractivity contribution in [3.63, 3.8) is 0 Å². The topological polar surface area (TPSA) is 125 Å². The normalized spacial score (nSPS) is 25.1. The summed E-state index contributed by atoms with van der Waals surface area (Å²) >= 11 is 6.58. The fraction of sp³-hybridized carbons (Fsp3) is 0.474.